The van der Waals surface area contributed by atoms with Crippen LogP contribution >= 0.6 is 0 Å². The van der Waals surface area contributed by atoms with E-state index >= 15 is 0 Å². The van der Waals surface area contributed by atoms with Crippen LogP contribution in [0.15, 0.2) is 47.0 Å². The highest BCUT2D eigenvalue weighted by Gasteiger charge is 2.27. The number of halogens is 3. The van der Waals surface area contributed by atoms with Gasteiger partial charge in [-0.1, -0.05) is 31.9 Å². The molecular weight excluding hydrogens is 433 g/mol. The van der Waals surface area contributed by atoms with Crippen LogP contribution in [0, 0.1) is 6.92 Å². The second-order valence-electron chi connectivity index (χ2n) is 8.72. The molecule has 0 amide bonds. The highest BCUT2D eigenvalue weighted by molar-refractivity contribution is 5.90. The monoisotopic (exact) mass is 456 g/mol. The molecule has 0 bridgehead atoms. The van der Waals surface area contributed by atoms with Crippen molar-refractivity contribution in [3.8, 4) is 11.6 Å². The van der Waals surface area contributed by atoms with Gasteiger partial charge in [0.15, 0.2) is 0 Å². The number of anilines is 3. The fourth-order valence-electron chi connectivity index (χ4n) is 3.40. The summed E-state index contributed by atoms with van der Waals surface area (Å²) in [7, 11) is 0. The van der Waals surface area contributed by atoms with E-state index < -0.39 is 12.7 Å². The van der Waals surface area contributed by atoms with Gasteiger partial charge in [-0.2, -0.15) is 13.2 Å². The van der Waals surface area contributed by atoms with E-state index in [9.17, 15) is 13.2 Å². The minimum atomic E-state index is -4.31. The van der Waals surface area contributed by atoms with Crippen molar-refractivity contribution in [2.75, 3.05) is 17.2 Å². The van der Waals surface area contributed by atoms with E-state index in [0.717, 1.165) is 16.5 Å². The first kappa shape index (κ1) is 22.5. The summed E-state index contributed by atoms with van der Waals surface area (Å²) in [6.07, 6.45) is -2.67. The Kier molecular flexibility index (Phi) is 5.69. The van der Waals surface area contributed by atoms with Crippen LogP contribution in [0.4, 0.5) is 30.7 Å². The van der Waals surface area contributed by atoms with Crippen molar-refractivity contribution in [3.63, 3.8) is 0 Å². The van der Waals surface area contributed by atoms with Crippen LogP contribution in [0.25, 0.3) is 22.5 Å². The maximum Gasteiger partial charge on any atom is 0.405 e. The number of aryl methyl sites for hydroxylation is 1. The highest BCUT2D eigenvalue weighted by Crippen LogP contribution is 2.35. The Bertz CT molecular complexity index is 1280. The van der Waals surface area contributed by atoms with E-state index in [2.05, 4.69) is 25.8 Å². The van der Waals surface area contributed by atoms with Gasteiger partial charge in [0, 0.05) is 17.3 Å². The average molecular weight is 456 g/mol. The number of hydrogen-bond acceptors (Lipinski definition) is 7. The fraction of sp³-hybridized carbons (Fsp3) is 0.304. The van der Waals surface area contributed by atoms with Gasteiger partial charge in [-0.25, -0.2) is 9.97 Å². The zero-order valence-electron chi connectivity index (χ0n) is 18.6. The molecule has 3 heterocycles. The van der Waals surface area contributed by atoms with Crippen molar-refractivity contribution in [2.24, 2.45) is 0 Å². The lowest BCUT2D eigenvalue weighted by molar-refractivity contribution is -0.115. The summed E-state index contributed by atoms with van der Waals surface area (Å²) in [5, 5.41) is 14.3. The van der Waals surface area contributed by atoms with Gasteiger partial charge >= 0.3 is 12.2 Å². The molecule has 0 saturated heterocycles. The lowest BCUT2D eigenvalue weighted by Gasteiger charge is -2.23. The zero-order valence-corrected chi connectivity index (χ0v) is 18.6. The number of hydrogen-bond donors (Lipinski definition) is 2. The van der Waals surface area contributed by atoms with Crippen LogP contribution in [0.5, 0.6) is 0 Å². The SMILES string of the molecule is Cc1cc(-c2nnc(Nc3ccccn3)o2)nc2c(C(C)(C)C)cc(NCC(F)(F)F)cc12. The molecule has 0 aliphatic rings. The predicted octanol–water partition coefficient (Wildman–Crippen LogP) is 6.00. The zero-order chi connectivity index (χ0) is 23.8. The maximum absolute atomic E-state index is 12.7. The Balaban J connectivity index is 1.74. The van der Waals surface area contributed by atoms with Gasteiger partial charge in [-0.15, -0.1) is 5.10 Å². The molecule has 0 spiro atoms. The summed E-state index contributed by atoms with van der Waals surface area (Å²) in [5.41, 5.74) is 2.81. The van der Waals surface area contributed by atoms with Gasteiger partial charge in [0.05, 0.1) is 5.52 Å². The summed E-state index contributed by atoms with van der Waals surface area (Å²) >= 11 is 0. The summed E-state index contributed by atoms with van der Waals surface area (Å²) in [4.78, 5) is 8.91. The normalized spacial score (nSPS) is 12.2. The minimum absolute atomic E-state index is 0.172. The first-order valence-electron chi connectivity index (χ1n) is 10.3. The lowest BCUT2D eigenvalue weighted by Crippen LogP contribution is -2.22. The van der Waals surface area contributed by atoms with Crippen molar-refractivity contribution < 1.29 is 17.6 Å². The topological polar surface area (TPSA) is 88.8 Å². The maximum atomic E-state index is 12.7. The van der Waals surface area contributed by atoms with E-state index in [-0.39, 0.29) is 17.3 Å². The number of pyridine rings is 2. The van der Waals surface area contributed by atoms with Crippen LogP contribution in [0.3, 0.4) is 0 Å². The third-order valence-corrected chi connectivity index (χ3v) is 4.97. The number of nitrogens with one attached hydrogen (secondary N) is 2. The van der Waals surface area contributed by atoms with E-state index in [4.69, 9.17) is 9.40 Å². The highest BCUT2D eigenvalue weighted by atomic mass is 19.4. The van der Waals surface area contributed by atoms with E-state index in [0.29, 0.717) is 22.7 Å². The molecule has 4 aromatic rings. The van der Waals surface area contributed by atoms with Gasteiger partial charge in [0.1, 0.15) is 18.1 Å². The van der Waals surface area contributed by atoms with Crippen LogP contribution in [0.1, 0.15) is 31.9 Å². The fourth-order valence-corrected chi connectivity index (χ4v) is 3.40. The molecule has 0 unspecified atom stereocenters. The van der Waals surface area contributed by atoms with Crippen LogP contribution in [0.2, 0.25) is 0 Å². The standard InChI is InChI=1S/C23H23F3N6O/c1-13-9-17(20-31-32-21(33-20)30-18-7-5-6-8-27-18)29-19-15(13)10-14(28-12-23(24,25)26)11-16(19)22(2,3)4/h5-11,28H,12H2,1-4H3,(H,27,30,32). The molecule has 10 heteroatoms. The Hall–Kier alpha value is -3.69. The van der Waals surface area contributed by atoms with Crippen LogP contribution in [-0.2, 0) is 5.41 Å². The van der Waals surface area contributed by atoms with Gasteiger partial charge in [-0.3, -0.25) is 5.32 Å². The summed E-state index contributed by atoms with van der Waals surface area (Å²) in [5.74, 6) is 0.779. The Labute approximate surface area is 188 Å². The Morgan fingerprint density at radius 1 is 1.03 bits per heavy atom. The predicted molar refractivity (Wildman–Crippen MR) is 121 cm³/mol. The van der Waals surface area contributed by atoms with Crippen molar-refractivity contribution in [1.29, 1.82) is 0 Å². The second-order valence-corrected chi connectivity index (χ2v) is 8.72. The minimum Gasteiger partial charge on any atom is -0.401 e. The van der Waals surface area contributed by atoms with Crippen molar-refractivity contribution in [3.05, 3.63) is 53.7 Å². The first-order chi connectivity index (χ1) is 15.5. The molecule has 0 saturated carbocycles. The number of fused-ring (bicyclic) bond motifs is 1. The number of nitrogens with zero attached hydrogens (tertiary/aromatic N) is 4. The number of benzene rings is 1. The van der Waals surface area contributed by atoms with E-state index in [1.807, 2.05) is 33.8 Å². The Morgan fingerprint density at radius 2 is 1.82 bits per heavy atom. The molecule has 0 fully saturated rings. The molecule has 4 rings (SSSR count). The van der Waals surface area contributed by atoms with Gasteiger partial charge in [0.2, 0.25) is 0 Å². The van der Waals surface area contributed by atoms with Gasteiger partial charge < -0.3 is 9.73 Å². The number of rotatable bonds is 5. The van der Waals surface area contributed by atoms with E-state index in [1.54, 1.807) is 36.5 Å². The molecule has 2 N–H and O–H groups in total. The molecule has 3 aromatic heterocycles. The molecule has 0 atom stereocenters. The van der Waals surface area contributed by atoms with Crippen LogP contribution in [-0.4, -0.2) is 32.9 Å². The lowest BCUT2D eigenvalue weighted by atomic mass is 9.84. The average Bonchev–Trinajstić information content (AvgIpc) is 3.20. The molecule has 0 aliphatic carbocycles. The molecule has 1 aromatic carbocycles. The van der Waals surface area contributed by atoms with Crippen molar-refractivity contribution in [1.82, 2.24) is 20.2 Å². The van der Waals surface area contributed by atoms with Crippen LogP contribution < -0.4 is 10.6 Å². The molecule has 172 valence electrons. The molecular formula is C23H23F3N6O. The molecule has 0 aliphatic heterocycles. The summed E-state index contributed by atoms with van der Waals surface area (Å²) in [6, 6.07) is 10.7. The van der Waals surface area contributed by atoms with Crippen molar-refractivity contribution >= 4 is 28.4 Å². The second kappa shape index (κ2) is 8.34. The summed E-state index contributed by atoms with van der Waals surface area (Å²) in [6.45, 7) is 6.72. The molecule has 7 nitrogen and oxygen atoms in total. The summed E-state index contributed by atoms with van der Waals surface area (Å²) < 4.78 is 44.0. The van der Waals surface area contributed by atoms with Gasteiger partial charge in [-0.05, 0) is 53.8 Å². The number of alkyl halides is 3. The number of aromatic nitrogens is 4. The quantitative estimate of drug-likeness (QED) is 0.380. The third kappa shape index (κ3) is 5.21. The Morgan fingerprint density at radius 3 is 2.48 bits per heavy atom. The third-order valence-electron chi connectivity index (χ3n) is 4.97. The molecule has 33 heavy (non-hydrogen) atoms. The first-order valence-corrected chi connectivity index (χ1v) is 10.3. The smallest absolute Gasteiger partial charge is 0.401 e. The largest absolute Gasteiger partial charge is 0.405 e. The van der Waals surface area contributed by atoms with Gasteiger partial charge in [0.25, 0.3) is 5.89 Å². The van der Waals surface area contributed by atoms with E-state index in [1.165, 1.54) is 0 Å². The van der Waals surface area contributed by atoms with Crippen molar-refractivity contribution in [2.45, 2.75) is 39.3 Å². The molecule has 0 radical (unpaired) electrons.